The van der Waals surface area contributed by atoms with Crippen LogP contribution in [-0.2, 0) is 4.74 Å². The van der Waals surface area contributed by atoms with E-state index in [1.807, 2.05) is 13.0 Å². The Balaban J connectivity index is 1.20. The van der Waals surface area contributed by atoms with Gasteiger partial charge in [0.2, 0.25) is 5.88 Å². The molecule has 246 valence electrons. The summed E-state index contributed by atoms with van der Waals surface area (Å²) < 4.78 is 7.48. The minimum absolute atomic E-state index is 0.00218. The van der Waals surface area contributed by atoms with Crippen molar-refractivity contribution >= 4 is 39.0 Å². The van der Waals surface area contributed by atoms with Crippen LogP contribution in [-0.4, -0.2) is 69.3 Å². The highest BCUT2D eigenvalue weighted by Crippen LogP contribution is 2.56. The second-order valence-corrected chi connectivity index (χ2v) is 14.0. The van der Waals surface area contributed by atoms with Crippen molar-refractivity contribution in [1.29, 1.82) is 10.5 Å². The second kappa shape index (κ2) is 11.6. The summed E-state index contributed by atoms with van der Waals surface area (Å²) in [7, 11) is 1.71. The molecule has 48 heavy (non-hydrogen) atoms. The molecule has 4 aromatic rings. The number of hydrogen-bond donors (Lipinski definition) is 1. The molecule has 6 heterocycles. The number of fused-ring (bicyclic) bond motifs is 2. The van der Waals surface area contributed by atoms with E-state index < -0.39 is 0 Å². The van der Waals surface area contributed by atoms with E-state index in [1.54, 1.807) is 30.1 Å². The Hall–Kier alpha value is -5.07. The lowest BCUT2D eigenvalue weighted by Gasteiger charge is -2.53. The molecule has 0 unspecified atom stereocenters. The normalized spacial score (nSPS) is 18.9. The fourth-order valence-corrected chi connectivity index (χ4v) is 8.10. The van der Waals surface area contributed by atoms with Gasteiger partial charge in [-0.15, -0.1) is 0 Å². The summed E-state index contributed by atoms with van der Waals surface area (Å²) in [5, 5.41) is 32.4. The Labute approximate surface area is 278 Å². The number of Topliss-reactive ketones (excluding diaryl/α,β-unsaturated/α-hetero) is 1. The van der Waals surface area contributed by atoms with Gasteiger partial charge in [0.05, 0.1) is 40.4 Å². The van der Waals surface area contributed by atoms with Gasteiger partial charge in [0.1, 0.15) is 29.0 Å². The summed E-state index contributed by atoms with van der Waals surface area (Å²) in [6, 6.07) is 7.91. The Kier molecular flexibility index (Phi) is 7.60. The third kappa shape index (κ3) is 5.03. The lowest BCUT2D eigenvalue weighted by molar-refractivity contribution is -0.0132. The quantitative estimate of drug-likeness (QED) is 0.293. The fourth-order valence-electron chi connectivity index (χ4n) is 8.10. The number of carbonyl (C=O) groups is 1. The Bertz CT molecular complexity index is 2120. The van der Waals surface area contributed by atoms with Gasteiger partial charge in [-0.2, -0.15) is 10.5 Å². The van der Waals surface area contributed by atoms with Gasteiger partial charge in [0, 0.05) is 62.7 Å². The third-order valence-corrected chi connectivity index (χ3v) is 11.1. The molecule has 1 aliphatic carbocycles. The van der Waals surface area contributed by atoms with Crippen molar-refractivity contribution in [1.82, 2.24) is 19.5 Å². The van der Waals surface area contributed by atoms with Gasteiger partial charge in [-0.05, 0) is 69.9 Å². The third-order valence-electron chi connectivity index (χ3n) is 11.1. The Morgan fingerprint density at radius 1 is 0.958 bits per heavy atom. The topological polar surface area (TPSA) is 161 Å². The maximum absolute atomic E-state index is 14.2. The molecule has 0 radical (unpaired) electrons. The number of hydrogen-bond acceptors (Lipinski definition) is 11. The molecular weight excluding hydrogens is 608 g/mol. The molecule has 3 aliphatic rings. The molecule has 1 N–H and O–H groups in total. The van der Waals surface area contributed by atoms with E-state index in [2.05, 4.69) is 43.8 Å². The maximum Gasteiger partial charge on any atom is 0.271 e. The molecule has 1 saturated carbocycles. The molecule has 7 rings (SSSR count). The highest BCUT2D eigenvalue weighted by atomic mass is 16.5. The largest absolute Gasteiger partial charge is 0.492 e. The molecule has 0 bridgehead atoms. The van der Waals surface area contributed by atoms with Crippen LogP contribution in [0.15, 0.2) is 29.3 Å². The number of methoxy groups -OCH3 is 1. The van der Waals surface area contributed by atoms with Crippen molar-refractivity contribution in [3.05, 3.63) is 57.4 Å². The van der Waals surface area contributed by atoms with Crippen molar-refractivity contribution in [3.8, 4) is 18.0 Å². The fraction of sp³-hybridized carbons (Fsp3) is 0.472. The molecule has 0 atom stereocenters. The lowest BCUT2D eigenvalue weighted by Crippen LogP contribution is -2.50. The minimum atomic E-state index is -0.323. The number of pyridine rings is 4. The summed E-state index contributed by atoms with van der Waals surface area (Å²) in [5.41, 5.74) is 3.20. The predicted molar refractivity (Wildman–Crippen MR) is 180 cm³/mol. The van der Waals surface area contributed by atoms with Crippen LogP contribution < -0.4 is 15.4 Å². The van der Waals surface area contributed by atoms with E-state index in [9.17, 15) is 25.2 Å². The zero-order valence-electron chi connectivity index (χ0n) is 27.7. The molecule has 12 nitrogen and oxygen atoms in total. The number of aromatic hydroxyl groups is 1. The van der Waals surface area contributed by atoms with Crippen molar-refractivity contribution in [2.75, 3.05) is 43.1 Å². The van der Waals surface area contributed by atoms with Crippen LogP contribution in [0.3, 0.4) is 0 Å². The molecule has 0 aromatic carbocycles. The molecule has 3 fully saturated rings. The zero-order valence-corrected chi connectivity index (χ0v) is 27.7. The van der Waals surface area contributed by atoms with Gasteiger partial charge in [-0.25, -0.2) is 4.98 Å². The summed E-state index contributed by atoms with van der Waals surface area (Å²) in [5.74, 6) is -0.475. The molecule has 0 amide bonds. The molecule has 4 aromatic heterocycles. The van der Waals surface area contributed by atoms with Gasteiger partial charge < -0.3 is 24.2 Å². The van der Waals surface area contributed by atoms with Crippen LogP contribution in [0, 0.1) is 35.0 Å². The number of aryl methyl sites for hydroxylation is 1. The van der Waals surface area contributed by atoms with Crippen molar-refractivity contribution in [2.24, 2.45) is 5.41 Å². The molecular formula is C36H38N8O4. The van der Waals surface area contributed by atoms with Gasteiger partial charge in [0.25, 0.3) is 5.56 Å². The van der Waals surface area contributed by atoms with E-state index >= 15 is 0 Å². The summed E-state index contributed by atoms with van der Waals surface area (Å²) in [6.07, 6.45) is 7.95. The van der Waals surface area contributed by atoms with E-state index in [-0.39, 0.29) is 45.4 Å². The number of aromatic nitrogens is 4. The molecule has 2 aliphatic heterocycles. The van der Waals surface area contributed by atoms with Gasteiger partial charge in [-0.3, -0.25) is 19.6 Å². The van der Waals surface area contributed by atoms with Crippen LogP contribution >= 0.6 is 0 Å². The van der Waals surface area contributed by atoms with E-state index in [0.29, 0.717) is 59.7 Å². The van der Waals surface area contributed by atoms with E-state index in [0.717, 1.165) is 49.6 Å². The van der Waals surface area contributed by atoms with Crippen LogP contribution in [0.1, 0.15) is 85.7 Å². The Morgan fingerprint density at radius 2 is 1.58 bits per heavy atom. The van der Waals surface area contributed by atoms with E-state index in [4.69, 9.17) is 4.74 Å². The van der Waals surface area contributed by atoms with Gasteiger partial charge >= 0.3 is 0 Å². The molecule has 12 heteroatoms. The number of carbonyl (C=O) groups excluding carboxylic acids is 1. The monoisotopic (exact) mass is 646 g/mol. The SMILES string of the molecule is COC1(C)CCN(c2c(C#N)c(=O)n(C3CC4(CCN(c5c(C#N)c(O)nc6cnc(C)cc56)CC4)C3)c3cnc(C(C)=O)cc23)CC1. The number of anilines is 2. The van der Waals surface area contributed by atoms with Gasteiger partial charge in [-0.1, -0.05) is 0 Å². The molecule has 1 spiro atoms. The number of nitriles is 2. The first kappa shape index (κ1) is 31.5. The summed E-state index contributed by atoms with van der Waals surface area (Å²) >= 11 is 0. The number of rotatable bonds is 5. The molecule has 2 saturated heterocycles. The zero-order chi connectivity index (χ0) is 34.0. The first-order valence-corrected chi connectivity index (χ1v) is 16.4. The van der Waals surface area contributed by atoms with Crippen LogP contribution in [0.4, 0.5) is 11.4 Å². The summed E-state index contributed by atoms with van der Waals surface area (Å²) in [6.45, 7) is 8.02. The smallest absolute Gasteiger partial charge is 0.271 e. The van der Waals surface area contributed by atoms with Crippen molar-refractivity contribution in [3.63, 3.8) is 0 Å². The van der Waals surface area contributed by atoms with Crippen LogP contribution in [0.2, 0.25) is 0 Å². The average Bonchev–Trinajstić information content (AvgIpc) is 3.07. The van der Waals surface area contributed by atoms with Crippen LogP contribution in [0.25, 0.3) is 21.8 Å². The lowest BCUT2D eigenvalue weighted by atomic mass is 9.60. The van der Waals surface area contributed by atoms with E-state index in [1.165, 1.54) is 6.92 Å². The predicted octanol–water partition coefficient (Wildman–Crippen LogP) is 4.93. The first-order valence-electron chi connectivity index (χ1n) is 16.4. The average molecular weight is 647 g/mol. The highest BCUT2D eigenvalue weighted by molar-refractivity contribution is 6.01. The highest BCUT2D eigenvalue weighted by Gasteiger charge is 2.48. The first-order chi connectivity index (χ1) is 23.0. The Morgan fingerprint density at radius 3 is 2.19 bits per heavy atom. The number of nitrogens with zero attached hydrogens (tertiary/aromatic N) is 8. The van der Waals surface area contributed by atoms with Crippen molar-refractivity contribution < 1.29 is 14.6 Å². The van der Waals surface area contributed by atoms with Crippen LogP contribution in [0.5, 0.6) is 5.88 Å². The maximum atomic E-state index is 14.2. The standard InChI is InChI=1S/C36H38N8O4/c1-21-13-24-29(19-39-21)41-33(46)26(17-37)31(24)43-11-7-36(8-12-43)15-23(16-36)44-30-20-40-28(22(2)45)14-25(30)32(27(18-38)34(44)47)42-9-5-35(3,48-4)6-10-42/h13-14,19-20,23H,5-12,15-16H2,1-4H3,(H,41,46). The number of ether oxygens (including phenoxy) is 1. The van der Waals surface area contributed by atoms with Crippen molar-refractivity contribution in [2.45, 2.75) is 70.9 Å². The number of ketones is 1. The minimum Gasteiger partial charge on any atom is -0.492 e. The second-order valence-electron chi connectivity index (χ2n) is 14.0. The summed E-state index contributed by atoms with van der Waals surface area (Å²) in [4.78, 5) is 43.8. The number of piperidine rings is 2. The van der Waals surface area contributed by atoms with Gasteiger partial charge in [0.15, 0.2) is 5.78 Å².